The molecule has 0 unspecified atom stereocenters. The van der Waals surface area contributed by atoms with E-state index in [0.717, 1.165) is 44.8 Å². The number of carbonyl (C=O) groups excluding carboxylic acids is 1. The van der Waals surface area contributed by atoms with E-state index < -0.39 is 0 Å². The van der Waals surface area contributed by atoms with Gasteiger partial charge in [-0.05, 0) is 44.4 Å². The highest BCUT2D eigenvalue weighted by Gasteiger charge is 2.23. The number of pyridine rings is 1. The van der Waals surface area contributed by atoms with Crippen LogP contribution in [0.2, 0.25) is 0 Å². The van der Waals surface area contributed by atoms with E-state index in [1.807, 2.05) is 19.1 Å². The number of nitrogens with zero attached hydrogens (tertiary/aromatic N) is 3. The molecule has 0 radical (unpaired) electrons. The van der Waals surface area contributed by atoms with E-state index >= 15 is 0 Å². The molecule has 1 amide bonds. The van der Waals surface area contributed by atoms with Crippen molar-refractivity contribution in [2.45, 2.75) is 19.8 Å². The lowest BCUT2D eigenvalue weighted by Crippen LogP contribution is -2.35. The second-order valence-corrected chi connectivity index (χ2v) is 6.85. The van der Waals surface area contributed by atoms with Gasteiger partial charge in [0.1, 0.15) is 11.2 Å². The van der Waals surface area contributed by atoms with Gasteiger partial charge in [-0.3, -0.25) is 14.0 Å². The van der Waals surface area contributed by atoms with Gasteiger partial charge in [0, 0.05) is 45.2 Å². The molecule has 1 aliphatic rings. The number of aryl methyl sites for hydroxylation is 1. The lowest BCUT2D eigenvalue weighted by Gasteiger charge is -2.16. The highest BCUT2D eigenvalue weighted by atomic mass is 16.5. The maximum Gasteiger partial charge on any atom is 0.270 e. The van der Waals surface area contributed by atoms with Crippen LogP contribution in [0.4, 0.5) is 0 Å². The maximum atomic E-state index is 12.6. The standard InChI is InChI=1S/C19H26N4O3/c1-14-5-3-6-17-20-12-16(19(25)23(14)17)18(24)21-11-15-7-9-22(13-15)8-4-10-26-2/h3,5-6,12,15H,4,7-11,13H2,1-2H3,(H,21,24)/t15-/m0/s1. The van der Waals surface area contributed by atoms with E-state index in [4.69, 9.17) is 4.74 Å². The summed E-state index contributed by atoms with van der Waals surface area (Å²) in [5.74, 6) is 0.0670. The Bertz CT molecular complexity index is 833. The molecule has 26 heavy (non-hydrogen) atoms. The molecule has 1 saturated heterocycles. The minimum Gasteiger partial charge on any atom is -0.385 e. The van der Waals surface area contributed by atoms with Crippen LogP contribution in [0.1, 0.15) is 28.9 Å². The Morgan fingerprint density at radius 3 is 3.08 bits per heavy atom. The molecular formula is C19H26N4O3. The number of methoxy groups -OCH3 is 1. The van der Waals surface area contributed by atoms with Crippen LogP contribution in [-0.2, 0) is 4.74 Å². The fourth-order valence-electron chi connectivity index (χ4n) is 3.48. The van der Waals surface area contributed by atoms with Crippen LogP contribution in [0.15, 0.2) is 29.2 Å². The van der Waals surface area contributed by atoms with Crippen molar-refractivity contribution in [1.82, 2.24) is 19.6 Å². The first-order valence-electron chi connectivity index (χ1n) is 9.07. The molecule has 0 saturated carbocycles. The van der Waals surface area contributed by atoms with Crippen molar-refractivity contribution in [2.75, 3.05) is 39.9 Å². The van der Waals surface area contributed by atoms with Crippen LogP contribution in [0.5, 0.6) is 0 Å². The van der Waals surface area contributed by atoms with Crippen molar-refractivity contribution in [2.24, 2.45) is 5.92 Å². The van der Waals surface area contributed by atoms with Gasteiger partial charge >= 0.3 is 0 Å². The number of rotatable bonds is 7. The molecule has 7 heteroatoms. The molecule has 1 aliphatic heterocycles. The second kappa shape index (κ2) is 8.42. The summed E-state index contributed by atoms with van der Waals surface area (Å²) in [4.78, 5) is 31.7. The zero-order valence-corrected chi connectivity index (χ0v) is 15.4. The summed E-state index contributed by atoms with van der Waals surface area (Å²) >= 11 is 0. The zero-order chi connectivity index (χ0) is 18.5. The molecule has 7 nitrogen and oxygen atoms in total. The first kappa shape index (κ1) is 18.5. The lowest BCUT2D eigenvalue weighted by molar-refractivity contribution is 0.0945. The number of fused-ring (bicyclic) bond motifs is 1. The normalized spacial score (nSPS) is 17.7. The van der Waals surface area contributed by atoms with Crippen LogP contribution in [0.25, 0.3) is 5.65 Å². The summed E-state index contributed by atoms with van der Waals surface area (Å²) in [5, 5.41) is 2.91. The second-order valence-electron chi connectivity index (χ2n) is 6.85. The Kier molecular flexibility index (Phi) is 6.00. The predicted octanol–water partition coefficient (Wildman–Crippen LogP) is 1.09. The number of amides is 1. The Labute approximate surface area is 153 Å². The minimum atomic E-state index is -0.349. The van der Waals surface area contributed by atoms with Crippen molar-refractivity contribution in [3.8, 4) is 0 Å². The van der Waals surface area contributed by atoms with Gasteiger partial charge in [-0.2, -0.15) is 0 Å². The van der Waals surface area contributed by atoms with Crippen LogP contribution in [0, 0.1) is 12.8 Å². The summed E-state index contributed by atoms with van der Waals surface area (Å²) < 4.78 is 6.56. The third-order valence-corrected chi connectivity index (χ3v) is 4.91. The Morgan fingerprint density at radius 2 is 2.27 bits per heavy atom. The largest absolute Gasteiger partial charge is 0.385 e. The monoisotopic (exact) mass is 358 g/mol. The number of ether oxygens (including phenoxy) is 1. The third kappa shape index (κ3) is 4.11. The predicted molar refractivity (Wildman–Crippen MR) is 99.6 cm³/mol. The summed E-state index contributed by atoms with van der Waals surface area (Å²) in [7, 11) is 1.72. The molecule has 3 heterocycles. The summed E-state index contributed by atoms with van der Waals surface area (Å²) in [6.07, 6.45) is 3.45. The van der Waals surface area contributed by atoms with Gasteiger partial charge in [0.05, 0.1) is 0 Å². The molecule has 2 aromatic rings. The van der Waals surface area contributed by atoms with E-state index in [9.17, 15) is 9.59 Å². The van der Waals surface area contributed by atoms with Crippen LogP contribution in [-0.4, -0.2) is 60.1 Å². The zero-order valence-electron chi connectivity index (χ0n) is 15.4. The van der Waals surface area contributed by atoms with Gasteiger partial charge < -0.3 is 15.0 Å². The van der Waals surface area contributed by atoms with E-state index in [-0.39, 0.29) is 17.0 Å². The maximum absolute atomic E-state index is 12.6. The molecule has 2 aromatic heterocycles. The van der Waals surface area contributed by atoms with E-state index in [1.54, 1.807) is 13.2 Å². The molecular weight excluding hydrogens is 332 g/mol. The van der Waals surface area contributed by atoms with Crippen molar-refractivity contribution < 1.29 is 9.53 Å². The fraction of sp³-hybridized carbons (Fsp3) is 0.526. The van der Waals surface area contributed by atoms with Gasteiger partial charge in [-0.1, -0.05) is 6.07 Å². The highest BCUT2D eigenvalue weighted by molar-refractivity contribution is 5.93. The van der Waals surface area contributed by atoms with Gasteiger partial charge in [-0.25, -0.2) is 4.98 Å². The summed E-state index contributed by atoms with van der Waals surface area (Å²) in [5.41, 5.74) is 1.08. The third-order valence-electron chi connectivity index (χ3n) is 4.91. The molecule has 3 rings (SSSR count). The van der Waals surface area contributed by atoms with Crippen molar-refractivity contribution >= 4 is 11.6 Å². The fourth-order valence-corrected chi connectivity index (χ4v) is 3.48. The number of hydrogen-bond donors (Lipinski definition) is 1. The summed E-state index contributed by atoms with van der Waals surface area (Å²) in [6, 6.07) is 5.43. The molecule has 0 bridgehead atoms. The topological polar surface area (TPSA) is 75.9 Å². The molecule has 1 N–H and O–H groups in total. The number of hydrogen-bond acceptors (Lipinski definition) is 5. The van der Waals surface area contributed by atoms with Gasteiger partial charge in [0.15, 0.2) is 0 Å². The van der Waals surface area contributed by atoms with E-state index in [2.05, 4.69) is 15.2 Å². The molecule has 1 fully saturated rings. The van der Waals surface area contributed by atoms with Gasteiger partial charge in [0.25, 0.3) is 11.5 Å². The molecule has 140 valence electrons. The average Bonchev–Trinajstić information content (AvgIpc) is 3.08. The Hall–Kier alpha value is -2.25. The smallest absolute Gasteiger partial charge is 0.270 e. The average molecular weight is 358 g/mol. The number of aromatic nitrogens is 2. The van der Waals surface area contributed by atoms with Gasteiger partial charge in [-0.15, -0.1) is 0 Å². The van der Waals surface area contributed by atoms with Crippen LogP contribution < -0.4 is 10.9 Å². The molecule has 1 atom stereocenters. The Morgan fingerprint density at radius 1 is 1.42 bits per heavy atom. The van der Waals surface area contributed by atoms with E-state index in [1.165, 1.54) is 10.6 Å². The number of nitrogens with one attached hydrogen (secondary N) is 1. The lowest BCUT2D eigenvalue weighted by atomic mass is 10.1. The van der Waals surface area contributed by atoms with E-state index in [0.29, 0.717) is 18.1 Å². The van der Waals surface area contributed by atoms with Crippen molar-refractivity contribution in [1.29, 1.82) is 0 Å². The minimum absolute atomic E-state index is 0.0896. The summed E-state index contributed by atoms with van der Waals surface area (Å²) in [6.45, 7) is 6.22. The molecule has 0 spiro atoms. The Balaban J connectivity index is 1.59. The van der Waals surface area contributed by atoms with Crippen LogP contribution in [0.3, 0.4) is 0 Å². The quantitative estimate of drug-likeness (QED) is 0.750. The SMILES string of the molecule is COCCCN1CC[C@@H](CNC(=O)c2cnc3cccc(C)n3c2=O)C1. The van der Waals surface area contributed by atoms with Crippen LogP contribution >= 0.6 is 0 Å². The van der Waals surface area contributed by atoms with Gasteiger partial charge in [0.2, 0.25) is 0 Å². The number of carbonyl (C=O) groups is 1. The number of likely N-dealkylation sites (tertiary alicyclic amines) is 1. The highest BCUT2D eigenvalue weighted by Crippen LogP contribution is 2.15. The molecule has 0 aliphatic carbocycles. The first-order valence-corrected chi connectivity index (χ1v) is 9.07. The first-order chi connectivity index (χ1) is 12.6. The van der Waals surface area contributed by atoms with Crippen molar-refractivity contribution in [3.63, 3.8) is 0 Å². The van der Waals surface area contributed by atoms with Crippen molar-refractivity contribution in [3.05, 3.63) is 46.0 Å². The molecule has 0 aromatic carbocycles.